The van der Waals surface area contributed by atoms with Crippen molar-refractivity contribution in [1.29, 1.82) is 0 Å². The Morgan fingerprint density at radius 2 is 1.25 bits per heavy atom. The molecule has 274 valence electrons. The Bertz CT molecular complexity index is 1920. The van der Waals surface area contributed by atoms with Gasteiger partial charge in [0.2, 0.25) is 5.79 Å². The van der Waals surface area contributed by atoms with Crippen molar-refractivity contribution in [3.63, 3.8) is 0 Å². The maximum Gasteiger partial charge on any atom is 0.225 e. The molecule has 3 aliphatic rings. The highest BCUT2D eigenvalue weighted by Gasteiger charge is 2.69. The first-order valence-electron chi connectivity index (χ1n) is 18.1. The van der Waals surface area contributed by atoms with E-state index < -0.39 is 29.7 Å². The Kier molecular flexibility index (Phi) is 10.9. The predicted octanol–water partition coefficient (Wildman–Crippen LogP) is 7.41. The van der Waals surface area contributed by atoms with Gasteiger partial charge in [0.05, 0.1) is 46.2 Å². The van der Waals surface area contributed by atoms with Crippen molar-refractivity contribution in [3.05, 3.63) is 172 Å². The van der Waals surface area contributed by atoms with Crippen molar-refractivity contribution < 1.29 is 38.3 Å². The first-order valence-corrected chi connectivity index (χ1v) is 18.5. The van der Waals surface area contributed by atoms with Crippen LogP contribution in [0.2, 0.25) is 5.02 Å². The molecule has 5 aromatic carbocycles. The second kappa shape index (κ2) is 16.1. The van der Waals surface area contributed by atoms with E-state index >= 15 is 0 Å². The predicted molar refractivity (Wildman–Crippen MR) is 200 cm³/mol. The second-order valence-electron chi connectivity index (χ2n) is 13.9. The van der Waals surface area contributed by atoms with Crippen LogP contribution in [-0.4, -0.2) is 61.6 Å². The Balaban J connectivity index is 1.15. The van der Waals surface area contributed by atoms with E-state index in [0.717, 1.165) is 33.6 Å². The Morgan fingerprint density at radius 3 is 1.81 bits per heavy atom. The van der Waals surface area contributed by atoms with Gasteiger partial charge in [0, 0.05) is 10.6 Å². The average Bonchev–Trinajstić information content (AvgIpc) is 3.55. The number of fused-ring (bicyclic) bond motifs is 2. The smallest absolute Gasteiger partial charge is 0.225 e. The van der Waals surface area contributed by atoms with Gasteiger partial charge in [-0.3, -0.25) is 0 Å². The van der Waals surface area contributed by atoms with E-state index in [2.05, 4.69) is 0 Å². The van der Waals surface area contributed by atoms with Crippen LogP contribution in [0.5, 0.6) is 5.75 Å². The molecule has 9 heteroatoms. The van der Waals surface area contributed by atoms with Gasteiger partial charge in [0.1, 0.15) is 35.8 Å². The molecule has 3 aliphatic heterocycles. The third-order valence-electron chi connectivity index (χ3n) is 10.1. The van der Waals surface area contributed by atoms with Gasteiger partial charge in [-0.2, -0.15) is 0 Å². The van der Waals surface area contributed by atoms with Gasteiger partial charge < -0.3 is 38.3 Å². The molecule has 0 aliphatic carbocycles. The topological polar surface area (TPSA) is 84.8 Å². The number of aliphatic hydroxyl groups excluding tert-OH is 1. The molecule has 0 spiro atoms. The number of halogens is 1. The van der Waals surface area contributed by atoms with Gasteiger partial charge >= 0.3 is 0 Å². The maximum absolute atomic E-state index is 11.2. The molecule has 53 heavy (non-hydrogen) atoms. The summed E-state index contributed by atoms with van der Waals surface area (Å²) in [5, 5.41) is 11.8. The summed E-state index contributed by atoms with van der Waals surface area (Å²) in [5.41, 5.74) is 4.38. The highest BCUT2D eigenvalue weighted by molar-refractivity contribution is 6.31. The third-order valence-corrected chi connectivity index (χ3v) is 10.5. The first kappa shape index (κ1) is 35.9. The molecule has 8 rings (SSSR count). The zero-order valence-corrected chi connectivity index (χ0v) is 30.1. The molecule has 2 bridgehead atoms. The number of hydrogen-bond acceptors (Lipinski definition) is 8. The Labute approximate surface area is 315 Å². The van der Waals surface area contributed by atoms with Crippen molar-refractivity contribution in [1.82, 2.24) is 0 Å². The summed E-state index contributed by atoms with van der Waals surface area (Å²) in [7, 11) is 0. The van der Waals surface area contributed by atoms with E-state index in [4.69, 9.17) is 44.8 Å². The van der Waals surface area contributed by atoms with E-state index in [9.17, 15) is 5.11 Å². The lowest BCUT2D eigenvalue weighted by Crippen LogP contribution is -2.67. The Hall–Kier alpha value is -4.09. The summed E-state index contributed by atoms with van der Waals surface area (Å²) < 4.78 is 45.5. The molecule has 3 saturated heterocycles. The zero-order chi connectivity index (χ0) is 36.1. The van der Waals surface area contributed by atoms with Crippen LogP contribution in [0.3, 0.4) is 0 Å². The molecule has 0 saturated carbocycles. The van der Waals surface area contributed by atoms with Crippen LogP contribution in [0, 0.1) is 0 Å². The first-order chi connectivity index (χ1) is 26.0. The average molecular weight is 735 g/mol. The van der Waals surface area contributed by atoms with Crippen LogP contribution in [0.4, 0.5) is 0 Å². The van der Waals surface area contributed by atoms with Gasteiger partial charge in [-0.25, -0.2) is 0 Å². The van der Waals surface area contributed by atoms with Crippen LogP contribution in [0.15, 0.2) is 133 Å². The van der Waals surface area contributed by atoms with Crippen LogP contribution >= 0.6 is 11.6 Å². The normalized spacial score (nSPS) is 25.2. The van der Waals surface area contributed by atoms with Gasteiger partial charge in [-0.05, 0) is 58.5 Å². The van der Waals surface area contributed by atoms with Gasteiger partial charge in [0.25, 0.3) is 0 Å². The molecular formula is C44H43ClO8. The summed E-state index contributed by atoms with van der Waals surface area (Å²) in [6, 6.07) is 43.7. The molecule has 3 heterocycles. The fourth-order valence-corrected chi connectivity index (χ4v) is 7.42. The van der Waals surface area contributed by atoms with Crippen LogP contribution in [0.25, 0.3) is 0 Å². The number of benzene rings is 5. The van der Waals surface area contributed by atoms with Crippen molar-refractivity contribution in [2.24, 2.45) is 0 Å². The molecule has 8 nitrogen and oxygen atoms in total. The standard InChI is InChI=1S/C44H43ClO8/c45-39-21-18-36(23-35(39)22-31-16-19-37(20-17-31)52-38-27-47-28-38)44-42(50-26-34-14-8-3-9-15-34)40(48-24-32-10-4-1-5-11-32)41(43(29-46,53-44)30-51-44)49-25-33-12-6-2-7-13-33/h1-21,23,38,40-42,46H,22,24-30H2/t40-,41+,42?,43?,44?/m0/s1. The number of hydrogen-bond donors (Lipinski definition) is 1. The summed E-state index contributed by atoms with van der Waals surface area (Å²) in [6.45, 7) is 1.77. The molecule has 3 fully saturated rings. The third kappa shape index (κ3) is 7.78. The molecule has 0 aromatic heterocycles. The van der Waals surface area contributed by atoms with Gasteiger partial charge in [-0.1, -0.05) is 121 Å². The lowest BCUT2D eigenvalue weighted by molar-refractivity contribution is -0.353. The minimum Gasteiger partial charge on any atom is -0.486 e. The van der Waals surface area contributed by atoms with Crippen LogP contribution < -0.4 is 4.74 Å². The summed E-state index contributed by atoms with van der Waals surface area (Å²) in [5.74, 6) is -0.645. The molecular weight excluding hydrogens is 692 g/mol. The second-order valence-corrected chi connectivity index (χ2v) is 14.3. The van der Waals surface area contributed by atoms with Gasteiger partial charge in [0.15, 0.2) is 0 Å². The quantitative estimate of drug-likeness (QED) is 0.119. The van der Waals surface area contributed by atoms with Crippen LogP contribution in [0.1, 0.15) is 33.4 Å². The summed E-state index contributed by atoms with van der Waals surface area (Å²) in [6.07, 6.45) is -1.60. The SMILES string of the molecule is OCC12COC(c3ccc(Cl)c(Cc4ccc(OC5COC5)cc4)c3)(O1)C(OCc1ccccc1)[C@@H](OCc1ccccc1)[C@H]2OCc1ccccc1. The van der Waals surface area contributed by atoms with Crippen molar-refractivity contribution in [2.45, 2.75) is 62.0 Å². The monoisotopic (exact) mass is 734 g/mol. The molecule has 1 N–H and O–H groups in total. The molecule has 0 radical (unpaired) electrons. The molecule has 3 unspecified atom stereocenters. The zero-order valence-electron chi connectivity index (χ0n) is 29.4. The van der Waals surface area contributed by atoms with E-state index in [1.54, 1.807) is 0 Å². The van der Waals surface area contributed by atoms with E-state index in [1.807, 2.05) is 133 Å². The lowest BCUT2D eigenvalue weighted by atomic mass is 9.83. The Morgan fingerprint density at radius 1 is 0.660 bits per heavy atom. The van der Waals surface area contributed by atoms with Crippen molar-refractivity contribution in [2.75, 3.05) is 26.4 Å². The van der Waals surface area contributed by atoms with Crippen LogP contribution in [-0.2, 0) is 60.4 Å². The number of ether oxygens (including phenoxy) is 7. The van der Waals surface area contributed by atoms with Crippen molar-refractivity contribution >= 4 is 11.6 Å². The maximum atomic E-state index is 11.2. The van der Waals surface area contributed by atoms with E-state index in [1.165, 1.54) is 0 Å². The highest BCUT2D eigenvalue weighted by Crippen LogP contribution is 2.53. The summed E-state index contributed by atoms with van der Waals surface area (Å²) in [4.78, 5) is 0. The van der Waals surface area contributed by atoms with Gasteiger partial charge in [-0.15, -0.1) is 0 Å². The van der Waals surface area contributed by atoms with E-state index in [0.29, 0.717) is 36.8 Å². The number of aliphatic hydroxyl groups is 1. The lowest BCUT2D eigenvalue weighted by Gasteiger charge is -2.50. The molecule has 0 amide bonds. The summed E-state index contributed by atoms with van der Waals surface area (Å²) >= 11 is 6.88. The molecule has 5 aromatic rings. The molecule has 5 atom stereocenters. The largest absolute Gasteiger partial charge is 0.486 e. The number of rotatable bonds is 15. The fraction of sp³-hybridized carbons (Fsp3) is 0.318. The van der Waals surface area contributed by atoms with Crippen molar-refractivity contribution in [3.8, 4) is 5.75 Å². The van der Waals surface area contributed by atoms with E-state index in [-0.39, 0.29) is 32.5 Å². The minimum absolute atomic E-state index is 0.0603. The highest BCUT2D eigenvalue weighted by atomic mass is 35.5. The fourth-order valence-electron chi connectivity index (χ4n) is 7.24. The minimum atomic E-state index is -1.45.